The van der Waals surface area contributed by atoms with Crippen LogP contribution < -0.4 is 0 Å². The molecular weight excluding hydrogens is 284 g/mol. The van der Waals surface area contributed by atoms with Crippen LogP contribution in [0.5, 0.6) is 0 Å². The summed E-state index contributed by atoms with van der Waals surface area (Å²) in [6.45, 7) is 5.62. The van der Waals surface area contributed by atoms with Gasteiger partial charge in [0.15, 0.2) is 0 Å². The van der Waals surface area contributed by atoms with E-state index in [0.717, 1.165) is 55.1 Å². The molecule has 0 aliphatic carbocycles. The van der Waals surface area contributed by atoms with Crippen LogP contribution in [0.15, 0.2) is 48.5 Å². The van der Waals surface area contributed by atoms with Crippen molar-refractivity contribution in [2.24, 2.45) is 0 Å². The first-order chi connectivity index (χ1) is 11.3. The standard InChI is InChI=1S/C19H22N4/c1-22-9-11-23(12-10-22)14-15-5-4-6-16(13-15)19-20-17-7-2-3-8-18(17)21-19/h2-8,13H,9-12,14H2,1H3,(H,20,21). The van der Waals surface area contributed by atoms with Crippen LogP contribution in [0.25, 0.3) is 22.4 Å². The molecule has 0 saturated carbocycles. The summed E-state index contributed by atoms with van der Waals surface area (Å²) in [6.07, 6.45) is 0. The molecule has 4 rings (SSSR count). The third kappa shape index (κ3) is 3.14. The third-order valence-corrected chi connectivity index (χ3v) is 4.59. The van der Waals surface area contributed by atoms with E-state index in [1.54, 1.807) is 0 Å². The maximum Gasteiger partial charge on any atom is 0.138 e. The summed E-state index contributed by atoms with van der Waals surface area (Å²) in [4.78, 5) is 13.0. The van der Waals surface area contributed by atoms with Gasteiger partial charge in [-0.2, -0.15) is 0 Å². The maximum atomic E-state index is 4.70. The predicted molar refractivity (Wildman–Crippen MR) is 94.3 cm³/mol. The number of hydrogen-bond acceptors (Lipinski definition) is 3. The quantitative estimate of drug-likeness (QED) is 0.808. The molecule has 2 heterocycles. The topological polar surface area (TPSA) is 35.2 Å². The van der Waals surface area contributed by atoms with Crippen LogP contribution >= 0.6 is 0 Å². The van der Waals surface area contributed by atoms with Crippen LogP contribution in [-0.2, 0) is 6.54 Å². The molecule has 0 radical (unpaired) electrons. The highest BCUT2D eigenvalue weighted by Gasteiger charge is 2.14. The Labute approximate surface area is 136 Å². The molecular formula is C19H22N4. The summed E-state index contributed by atoms with van der Waals surface area (Å²) in [6, 6.07) is 16.9. The number of likely N-dealkylation sites (N-methyl/N-ethyl adjacent to an activating group) is 1. The fourth-order valence-corrected chi connectivity index (χ4v) is 3.17. The molecule has 118 valence electrons. The first-order valence-electron chi connectivity index (χ1n) is 8.23. The number of benzene rings is 2. The molecule has 0 atom stereocenters. The van der Waals surface area contributed by atoms with Gasteiger partial charge >= 0.3 is 0 Å². The zero-order valence-corrected chi connectivity index (χ0v) is 13.5. The molecule has 3 aromatic rings. The summed E-state index contributed by atoms with van der Waals surface area (Å²) < 4.78 is 0. The van der Waals surface area contributed by atoms with Gasteiger partial charge in [0.1, 0.15) is 5.82 Å². The number of aromatic amines is 1. The average molecular weight is 306 g/mol. The minimum atomic E-state index is 0.950. The number of H-pyrrole nitrogens is 1. The summed E-state index contributed by atoms with van der Waals surface area (Å²) >= 11 is 0. The molecule has 1 aliphatic heterocycles. The van der Waals surface area contributed by atoms with Crippen molar-refractivity contribution in [3.8, 4) is 11.4 Å². The Balaban J connectivity index is 1.56. The van der Waals surface area contributed by atoms with Gasteiger partial charge in [0.05, 0.1) is 11.0 Å². The summed E-state index contributed by atoms with van der Waals surface area (Å²) in [5.74, 6) is 0.950. The fourth-order valence-electron chi connectivity index (χ4n) is 3.17. The second-order valence-electron chi connectivity index (χ2n) is 6.38. The van der Waals surface area contributed by atoms with Crippen molar-refractivity contribution in [2.45, 2.75) is 6.54 Å². The van der Waals surface area contributed by atoms with E-state index in [-0.39, 0.29) is 0 Å². The van der Waals surface area contributed by atoms with E-state index >= 15 is 0 Å². The highest BCUT2D eigenvalue weighted by molar-refractivity contribution is 5.79. The second-order valence-corrected chi connectivity index (χ2v) is 6.38. The maximum absolute atomic E-state index is 4.70. The molecule has 1 saturated heterocycles. The number of nitrogens with zero attached hydrogens (tertiary/aromatic N) is 3. The van der Waals surface area contributed by atoms with E-state index in [4.69, 9.17) is 4.98 Å². The van der Waals surface area contributed by atoms with Crippen LogP contribution in [0.3, 0.4) is 0 Å². The Morgan fingerprint density at radius 3 is 2.65 bits per heavy atom. The number of nitrogens with one attached hydrogen (secondary N) is 1. The van der Waals surface area contributed by atoms with Crippen molar-refractivity contribution in [1.82, 2.24) is 19.8 Å². The Kier molecular flexibility index (Phi) is 3.85. The smallest absolute Gasteiger partial charge is 0.138 e. The number of fused-ring (bicyclic) bond motifs is 1. The van der Waals surface area contributed by atoms with Gasteiger partial charge in [-0.15, -0.1) is 0 Å². The fraction of sp³-hybridized carbons (Fsp3) is 0.316. The largest absolute Gasteiger partial charge is 0.338 e. The van der Waals surface area contributed by atoms with Gasteiger partial charge in [0.2, 0.25) is 0 Å². The minimum absolute atomic E-state index is 0.950. The molecule has 4 nitrogen and oxygen atoms in total. The van der Waals surface area contributed by atoms with Gasteiger partial charge in [0, 0.05) is 38.3 Å². The van der Waals surface area contributed by atoms with Crippen LogP contribution in [0.4, 0.5) is 0 Å². The number of hydrogen-bond donors (Lipinski definition) is 1. The van der Waals surface area contributed by atoms with Gasteiger partial charge in [-0.1, -0.05) is 30.3 Å². The van der Waals surface area contributed by atoms with Crippen molar-refractivity contribution >= 4 is 11.0 Å². The summed E-state index contributed by atoms with van der Waals surface area (Å²) in [7, 11) is 2.19. The van der Waals surface area contributed by atoms with E-state index in [0.29, 0.717) is 0 Å². The van der Waals surface area contributed by atoms with Crippen LogP contribution in [0.2, 0.25) is 0 Å². The van der Waals surface area contributed by atoms with Gasteiger partial charge in [-0.25, -0.2) is 4.98 Å². The average Bonchev–Trinajstić information content (AvgIpc) is 3.01. The number of imidazole rings is 1. The van der Waals surface area contributed by atoms with Gasteiger partial charge < -0.3 is 9.88 Å². The number of rotatable bonds is 3. The molecule has 0 spiro atoms. The van der Waals surface area contributed by atoms with E-state index in [9.17, 15) is 0 Å². The molecule has 0 bridgehead atoms. The Bertz CT molecular complexity index is 767. The first-order valence-corrected chi connectivity index (χ1v) is 8.23. The van der Waals surface area contributed by atoms with Crippen LogP contribution in [-0.4, -0.2) is 53.0 Å². The number of aromatic nitrogens is 2. The van der Waals surface area contributed by atoms with E-state index < -0.39 is 0 Å². The molecule has 0 unspecified atom stereocenters. The van der Waals surface area contributed by atoms with Crippen molar-refractivity contribution < 1.29 is 0 Å². The zero-order valence-electron chi connectivity index (χ0n) is 13.5. The lowest BCUT2D eigenvalue weighted by atomic mass is 10.1. The molecule has 1 N–H and O–H groups in total. The van der Waals surface area contributed by atoms with Crippen LogP contribution in [0, 0.1) is 0 Å². The molecule has 1 aliphatic rings. The molecule has 23 heavy (non-hydrogen) atoms. The lowest BCUT2D eigenvalue weighted by Gasteiger charge is -2.32. The summed E-state index contributed by atoms with van der Waals surface area (Å²) in [5.41, 5.74) is 4.62. The Morgan fingerprint density at radius 1 is 1.00 bits per heavy atom. The predicted octanol–water partition coefficient (Wildman–Crippen LogP) is 2.98. The van der Waals surface area contributed by atoms with Gasteiger partial charge in [-0.3, -0.25) is 4.90 Å². The zero-order chi connectivity index (χ0) is 15.6. The monoisotopic (exact) mass is 306 g/mol. The summed E-state index contributed by atoms with van der Waals surface area (Å²) in [5, 5.41) is 0. The van der Waals surface area contributed by atoms with Gasteiger partial charge in [-0.05, 0) is 30.8 Å². The number of piperazine rings is 1. The van der Waals surface area contributed by atoms with Crippen molar-refractivity contribution in [2.75, 3.05) is 33.2 Å². The SMILES string of the molecule is CN1CCN(Cc2cccc(-c3nc4ccccc4[nH]3)c2)CC1. The molecule has 1 fully saturated rings. The molecule has 4 heteroatoms. The van der Waals surface area contributed by atoms with Crippen molar-refractivity contribution in [3.05, 3.63) is 54.1 Å². The second kappa shape index (κ2) is 6.14. The van der Waals surface area contributed by atoms with E-state index in [1.807, 2.05) is 18.2 Å². The number of para-hydroxylation sites is 2. The molecule has 1 aromatic heterocycles. The van der Waals surface area contributed by atoms with Crippen LogP contribution in [0.1, 0.15) is 5.56 Å². The Hall–Kier alpha value is -2.17. The normalized spacial score (nSPS) is 16.9. The highest BCUT2D eigenvalue weighted by Crippen LogP contribution is 2.22. The van der Waals surface area contributed by atoms with E-state index in [1.165, 1.54) is 5.56 Å². The third-order valence-electron chi connectivity index (χ3n) is 4.59. The van der Waals surface area contributed by atoms with Gasteiger partial charge in [0.25, 0.3) is 0 Å². The van der Waals surface area contributed by atoms with E-state index in [2.05, 4.69) is 52.2 Å². The minimum Gasteiger partial charge on any atom is -0.338 e. The first kappa shape index (κ1) is 14.4. The Morgan fingerprint density at radius 2 is 1.83 bits per heavy atom. The highest BCUT2D eigenvalue weighted by atomic mass is 15.2. The molecule has 0 amide bonds. The lowest BCUT2D eigenvalue weighted by molar-refractivity contribution is 0.148. The van der Waals surface area contributed by atoms with Crippen molar-refractivity contribution in [1.29, 1.82) is 0 Å². The molecule has 2 aromatic carbocycles. The van der Waals surface area contributed by atoms with Crippen molar-refractivity contribution in [3.63, 3.8) is 0 Å². The lowest BCUT2D eigenvalue weighted by Crippen LogP contribution is -2.43.